The van der Waals surface area contributed by atoms with Gasteiger partial charge in [-0.3, -0.25) is 4.79 Å². The number of azo groups is 1. The van der Waals surface area contributed by atoms with Gasteiger partial charge in [-0.15, -0.1) is 5.11 Å². The smallest absolute Gasteiger partial charge is 0.340 e. The van der Waals surface area contributed by atoms with E-state index >= 15 is 0 Å². The number of phenolic OH excluding ortho intramolecular Hbond substituents is 1. The summed E-state index contributed by atoms with van der Waals surface area (Å²) < 4.78 is 7.14. The molecular formula is C22H21N3O4. The molecule has 0 radical (unpaired) electrons. The van der Waals surface area contributed by atoms with E-state index in [1.165, 1.54) is 12.1 Å². The topological polar surface area (TPSA) is 93.2 Å². The van der Waals surface area contributed by atoms with Crippen molar-refractivity contribution in [3.8, 4) is 5.75 Å². The van der Waals surface area contributed by atoms with E-state index < -0.39 is 5.97 Å². The molecule has 1 aromatic heterocycles. The van der Waals surface area contributed by atoms with Gasteiger partial charge >= 0.3 is 5.97 Å². The van der Waals surface area contributed by atoms with Crippen molar-refractivity contribution in [3.63, 3.8) is 0 Å². The summed E-state index contributed by atoms with van der Waals surface area (Å²) in [6.07, 6.45) is 0. The third kappa shape index (κ3) is 4.57. The number of hydrogen-bond donors (Lipinski definition) is 1. The van der Waals surface area contributed by atoms with Gasteiger partial charge in [0.05, 0.1) is 11.3 Å². The number of phenols is 1. The highest BCUT2D eigenvalue weighted by atomic mass is 16.5. The van der Waals surface area contributed by atoms with Crippen molar-refractivity contribution in [1.82, 2.24) is 4.57 Å². The predicted octanol–water partition coefficient (Wildman–Crippen LogP) is 4.80. The number of rotatable bonds is 6. The van der Waals surface area contributed by atoms with Gasteiger partial charge in [-0.1, -0.05) is 12.1 Å². The van der Waals surface area contributed by atoms with Crippen LogP contribution in [-0.4, -0.2) is 28.0 Å². The molecule has 3 rings (SSSR count). The van der Waals surface area contributed by atoms with Crippen LogP contribution in [0.25, 0.3) is 0 Å². The van der Waals surface area contributed by atoms with Crippen LogP contribution in [0, 0.1) is 13.8 Å². The number of nitrogens with zero attached hydrogens (tertiary/aromatic N) is 3. The molecule has 29 heavy (non-hydrogen) atoms. The zero-order valence-corrected chi connectivity index (χ0v) is 16.4. The molecule has 0 amide bonds. The fraction of sp³-hybridized carbons (Fsp3) is 0.182. The summed E-state index contributed by atoms with van der Waals surface area (Å²) >= 11 is 0. The van der Waals surface area contributed by atoms with Crippen molar-refractivity contribution in [2.24, 2.45) is 17.3 Å². The summed E-state index contributed by atoms with van der Waals surface area (Å²) in [4.78, 5) is 24.9. The number of ketones is 1. The number of aromatic hydroxyl groups is 1. The molecule has 0 atom stereocenters. The largest absolute Gasteiger partial charge is 0.508 e. The van der Waals surface area contributed by atoms with Gasteiger partial charge in [0.15, 0.2) is 6.61 Å². The van der Waals surface area contributed by atoms with Crippen molar-refractivity contribution in [2.45, 2.75) is 13.8 Å². The fourth-order valence-electron chi connectivity index (χ4n) is 2.79. The number of ether oxygens (including phenoxy) is 1. The molecule has 0 aliphatic rings. The minimum atomic E-state index is -0.649. The number of hydrogen-bond acceptors (Lipinski definition) is 6. The molecule has 3 aromatic rings. The van der Waals surface area contributed by atoms with Crippen LogP contribution in [0.2, 0.25) is 0 Å². The Hall–Kier alpha value is -3.74. The summed E-state index contributed by atoms with van der Waals surface area (Å²) in [5.41, 5.74) is 3.38. The van der Waals surface area contributed by atoms with Crippen molar-refractivity contribution in [2.75, 3.05) is 6.61 Å². The minimum Gasteiger partial charge on any atom is -0.508 e. The Morgan fingerprint density at radius 2 is 1.69 bits per heavy atom. The molecule has 0 aliphatic heterocycles. The average molecular weight is 391 g/mol. The van der Waals surface area contributed by atoms with E-state index in [2.05, 4.69) is 10.2 Å². The molecule has 0 fully saturated rings. The van der Waals surface area contributed by atoms with Crippen LogP contribution in [0.15, 0.2) is 64.8 Å². The molecule has 1 heterocycles. The fourth-order valence-corrected chi connectivity index (χ4v) is 2.79. The maximum absolute atomic E-state index is 12.5. The Bertz CT molecular complexity index is 1080. The molecule has 2 aromatic carbocycles. The Morgan fingerprint density at radius 3 is 2.34 bits per heavy atom. The minimum absolute atomic E-state index is 0.126. The molecule has 0 saturated carbocycles. The summed E-state index contributed by atoms with van der Waals surface area (Å²) in [6.45, 7) is 3.40. The number of benzene rings is 2. The van der Waals surface area contributed by atoms with E-state index in [1.54, 1.807) is 42.5 Å². The van der Waals surface area contributed by atoms with Gasteiger partial charge in [0.25, 0.3) is 0 Å². The van der Waals surface area contributed by atoms with Gasteiger partial charge in [0, 0.05) is 24.0 Å². The first-order valence-corrected chi connectivity index (χ1v) is 9.00. The number of aromatic nitrogens is 1. The number of carbonyl (C=O) groups excluding carboxylic acids is 2. The molecule has 7 heteroatoms. The SMILES string of the molecule is Cc1cc(C(=O)COC(=O)c2ccccc2N=Nc2ccc(O)cc2)c(C)n1C. The van der Waals surface area contributed by atoms with Gasteiger partial charge in [-0.25, -0.2) is 4.79 Å². The second-order valence-electron chi connectivity index (χ2n) is 6.58. The van der Waals surface area contributed by atoms with E-state index in [9.17, 15) is 14.7 Å². The molecule has 1 N–H and O–H groups in total. The molecule has 0 unspecified atom stereocenters. The van der Waals surface area contributed by atoms with E-state index in [0.29, 0.717) is 16.9 Å². The number of Topliss-reactive ketones (excluding diaryl/α,β-unsaturated/α-hetero) is 1. The van der Waals surface area contributed by atoms with Gasteiger partial charge in [-0.2, -0.15) is 5.11 Å². The van der Waals surface area contributed by atoms with Gasteiger partial charge in [0.1, 0.15) is 11.4 Å². The van der Waals surface area contributed by atoms with Crippen LogP contribution in [0.3, 0.4) is 0 Å². The standard InChI is InChI=1S/C22H21N3O4/c1-14-12-19(15(2)25(14)3)21(27)13-29-22(28)18-6-4-5-7-20(18)24-23-16-8-10-17(26)11-9-16/h4-12,26H,13H2,1-3H3. The third-order valence-electron chi connectivity index (χ3n) is 4.66. The number of aryl methyl sites for hydroxylation is 1. The second-order valence-corrected chi connectivity index (χ2v) is 6.58. The second kappa shape index (κ2) is 8.52. The van der Waals surface area contributed by atoms with Gasteiger partial charge < -0.3 is 14.4 Å². The summed E-state index contributed by atoms with van der Waals surface area (Å²) in [5.74, 6) is -0.784. The lowest BCUT2D eigenvalue weighted by Gasteiger charge is -2.06. The monoisotopic (exact) mass is 391 g/mol. The van der Waals surface area contributed by atoms with Gasteiger partial charge in [-0.05, 0) is 56.3 Å². The number of carbonyl (C=O) groups is 2. The lowest BCUT2D eigenvalue weighted by atomic mass is 10.1. The van der Waals surface area contributed by atoms with Gasteiger partial charge in [0.2, 0.25) is 5.78 Å². The highest BCUT2D eigenvalue weighted by molar-refractivity contribution is 6.01. The summed E-state index contributed by atoms with van der Waals surface area (Å²) in [5, 5.41) is 17.5. The zero-order chi connectivity index (χ0) is 21.0. The Labute approximate surface area is 168 Å². The first kappa shape index (κ1) is 20.0. The molecule has 0 saturated heterocycles. The third-order valence-corrected chi connectivity index (χ3v) is 4.66. The van der Waals surface area contributed by atoms with Crippen molar-refractivity contribution < 1.29 is 19.4 Å². The highest BCUT2D eigenvalue weighted by Gasteiger charge is 2.18. The zero-order valence-electron chi connectivity index (χ0n) is 16.4. The average Bonchev–Trinajstić information content (AvgIpc) is 2.99. The van der Waals surface area contributed by atoms with E-state index in [1.807, 2.05) is 25.5 Å². The maximum atomic E-state index is 12.5. The predicted molar refractivity (Wildman–Crippen MR) is 108 cm³/mol. The Balaban J connectivity index is 1.72. The van der Waals surface area contributed by atoms with Crippen LogP contribution in [0.5, 0.6) is 5.75 Å². The van der Waals surface area contributed by atoms with Crippen LogP contribution in [0.4, 0.5) is 11.4 Å². The molecule has 0 spiro atoms. The van der Waals surface area contributed by atoms with Crippen molar-refractivity contribution in [3.05, 3.63) is 77.1 Å². The summed E-state index contributed by atoms with van der Waals surface area (Å²) in [7, 11) is 1.88. The molecule has 148 valence electrons. The molecular weight excluding hydrogens is 370 g/mol. The molecule has 0 bridgehead atoms. The van der Waals surface area contributed by atoms with Crippen LogP contribution >= 0.6 is 0 Å². The quantitative estimate of drug-likeness (QED) is 0.371. The first-order chi connectivity index (χ1) is 13.9. The van der Waals surface area contributed by atoms with Crippen LogP contribution in [-0.2, 0) is 11.8 Å². The molecule has 7 nitrogen and oxygen atoms in total. The first-order valence-electron chi connectivity index (χ1n) is 9.00. The Kier molecular flexibility index (Phi) is 5.87. The lowest BCUT2D eigenvalue weighted by Crippen LogP contribution is -2.15. The molecule has 0 aliphatic carbocycles. The van der Waals surface area contributed by atoms with Crippen molar-refractivity contribution >= 4 is 23.1 Å². The van der Waals surface area contributed by atoms with Crippen molar-refractivity contribution in [1.29, 1.82) is 0 Å². The van der Waals surface area contributed by atoms with E-state index in [-0.39, 0.29) is 23.7 Å². The Morgan fingerprint density at radius 1 is 1.00 bits per heavy atom. The number of esters is 1. The lowest BCUT2D eigenvalue weighted by molar-refractivity contribution is 0.0475. The highest BCUT2D eigenvalue weighted by Crippen LogP contribution is 2.24. The maximum Gasteiger partial charge on any atom is 0.340 e. The van der Waals surface area contributed by atoms with E-state index in [4.69, 9.17) is 4.74 Å². The van der Waals surface area contributed by atoms with Crippen LogP contribution < -0.4 is 0 Å². The van der Waals surface area contributed by atoms with Crippen LogP contribution in [0.1, 0.15) is 32.1 Å². The normalized spacial score (nSPS) is 11.0. The van der Waals surface area contributed by atoms with E-state index in [0.717, 1.165) is 11.4 Å². The summed E-state index contributed by atoms with van der Waals surface area (Å²) in [6, 6.07) is 14.6.